The van der Waals surface area contributed by atoms with Crippen LogP contribution in [0.1, 0.15) is 34.8 Å². The van der Waals surface area contributed by atoms with Crippen LogP contribution in [0.15, 0.2) is 83.8 Å². The van der Waals surface area contributed by atoms with Crippen LogP contribution in [0.2, 0.25) is 0 Å². The minimum atomic E-state index is -3.83. The van der Waals surface area contributed by atoms with Gasteiger partial charge in [-0.15, -0.1) is 0 Å². The van der Waals surface area contributed by atoms with E-state index in [9.17, 15) is 13.2 Å². The highest BCUT2D eigenvalue weighted by Gasteiger charge is 2.24. The topological polar surface area (TPSA) is 87.7 Å². The maximum Gasteiger partial charge on any atom is 0.262 e. The van der Waals surface area contributed by atoms with E-state index in [0.29, 0.717) is 23.5 Å². The van der Waals surface area contributed by atoms with Gasteiger partial charge in [0, 0.05) is 12.1 Å². The van der Waals surface area contributed by atoms with E-state index in [0.717, 1.165) is 25.9 Å². The minimum absolute atomic E-state index is 0.0641. The molecule has 0 bridgehead atoms. The zero-order chi connectivity index (χ0) is 24.0. The predicted molar refractivity (Wildman–Crippen MR) is 133 cm³/mol. The van der Waals surface area contributed by atoms with E-state index in [4.69, 9.17) is 4.74 Å². The number of hydrogen-bond donors (Lipinski definition) is 2. The number of benzene rings is 3. The number of carbonyl (C=O) groups is 1. The molecule has 0 saturated carbocycles. The molecule has 1 fully saturated rings. The summed E-state index contributed by atoms with van der Waals surface area (Å²) >= 11 is 0. The fraction of sp³-hybridized carbons (Fsp3) is 0.269. The summed E-state index contributed by atoms with van der Waals surface area (Å²) in [5, 5.41) is 3.03. The Morgan fingerprint density at radius 2 is 1.59 bits per heavy atom. The van der Waals surface area contributed by atoms with Gasteiger partial charge in [-0.2, -0.15) is 0 Å². The highest BCUT2D eigenvalue weighted by atomic mass is 32.2. The normalized spacial score (nSPS) is 15.0. The summed E-state index contributed by atoms with van der Waals surface area (Å²) in [4.78, 5) is 15.3. The Labute approximate surface area is 200 Å². The third kappa shape index (κ3) is 5.58. The van der Waals surface area contributed by atoms with Crippen molar-refractivity contribution in [2.24, 2.45) is 0 Å². The van der Waals surface area contributed by atoms with Gasteiger partial charge in [-0.25, -0.2) is 8.42 Å². The summed E-state index contributed by atoms with van der Waals surface area (Å²) in [7, 11) is -2.35. The summed E-state index contributed by atoms with van der Waals surface area (Å²) < 4.78 is 33.3. The Hall–Kier alpha value is -3.36. The van der Waals surface area contributed by atoms with Crippen LogP contribution in [0.3, 0.4) is 0 Å². The van der Waals surface area contributed by atoms with Crippen molar-refractivity contribution in [1.82, 2.24) is 10.2 Å². The second kappa shape index (κ2) is 10.7. The first-order valence-electron chi connectivity index (χ1n) is 11.3. The van der Waals surface area contributed by atoms with Crippen molar-refractivity contribution in [3.63, 3.8) is 0 Å². The predicted octanol–water partition coefficient (Wildman–Crippen LogP) is 4.06. The molecule has 1 saturated heterocycles. The fourth-order valence-corrected chi connectivity index (χ4v) is 5.27. The number of anilines is 1. The Morgan fingerprint density at radius 1 is 0.941 bits per heavy atom. The number of nitrogens with zero attached hydrogens (tertiary/aromatic N) is 1. The SMILES string of the molecule is COc1ccccc1NS(=O)(=O)c1ccc(C(=O)NCC(c2ccccc2)N2CCCC2)cc1. The number of rotatable bonds is 9. The lowest BCUT2D eigenvalue weighted by molar-refractivity contribution is 0.0938. The molecule has 1 aliphatic heterocycles. The molecular formula is C26H29N3O4S. The molecule has 1 unspecified atom stereocenters. The average molecular weight is 480 g/mol. The van der Waals surface area contributed by atoms with E-state index in [1.165, 1.54) is 36.9 Å². The van der Waals surface area contributed by atoms with Gasteiger partial charge >= 0.3 is 0 Å². The van der Waals surface area contributed by atoms with Crippen LogP contribution in [0.4, 0.5) is 5.69 Å². The summed E-state index contributed by atoms with van der Waals surface area (Å²) in [5.41, 5.74) is 1.93. The van der Waals surface area contributed by atoms with Gasteiger partial charge in [0.25, 0.3) is 15.9 Å². The number of ether oxygens (including phenoxy) is 1. The summed E-state index contributed by atoms with van der Waals surface area (Å²) in [5.74, 6) is 0.190. The molecule has 2 N–H and O–H groups in total. The van der Waals surface area contributed by atoms with Crippen LogP contribution < -0.4 is 14.8 Å². The lowest BCUT2D eigenvalue weighted by Crippen LogP contribution is -2.36. The zero-order valence-corrected chi connectivity index (χ0v) is 19.9. The molecule has 0 aromatic heterocycles. The molecule has 3 aromatic rings. The highest BCUT2D eigenvalue weighted by Crippen LogP contribution is 2.27. The number of para-hydroxylation sites is 2. The lowest BCUT2D eigenvalue weighted by atomic mass is 10.1. The van der Waals surface area contributed by atoms with Gasteiger partial charge in [0.1, 0.15) is 5.75 Å². The summed E-state index contributed by atoms with van der Waals surface area (Å²) in [6, 6.07) is 23.0. The van der Waals surface area contributed by atoms with Crippen molar-refractivity contribution in [2.45, 2.75) is 23.8 Å². The van der Waals surface area contributed by atoms with Gasteiger partial charge < -0.3 is 10.1 Å². The smallest absolute Gasteiger partial charge is 0.262 e. The molecule has 178 valence electrons. The Morgan fingerprint density at radius 3 is 2.26 bits per heavy atom. The van der Waals surface area contributed by atoms with Crippen molar-refractivity contribution in [3.8, 4) is 5.75 Å². The average Bonchev–Trinajstić information content (AvgIpc) is 3.39. The van der Waals surface area contributed by atoms with Crippen LogP contribution in [-0.4, -0.2) is 46.0 Å². The molecule has 0 aliphatic carbocycles. The van der Waals surface area contributed by atoms with Gasteiger partial charge in [0.2, 0.25) is 0 Å². The molecule has 1 aliphatic rings. The van der Waals surface area contributed by atoms with Crippen LogP contribution in [0.25, 0.3) is 0 Å². The number of sulfonamides is 1. The highest BCUT2D eigenvalue weighted by molar-refractivity contribution is 7.92. The van der Waals surface area contributed by atoms with Gasteiger partial charge in [-0.05, 0) is 67.9 Å². The number of hydrogen-bond acceptors (Lipinski definition) is 5. The van der Waals surface area contributed by atoms with Crippen molar-refractivity contribution in [1.29, 1.82) is 0 Å². The third-order valence-electron chi connectivity index (χ3n) is 6.00. The number of nitrogens with one attached hydrogen (secondary N) is 2. The molecule has 1 amide bonds. The van der Waals surface area contributed by atoms with Gasteiger partial charge in [-0.3, -0.25) is 14.4 Å². The Balaban J connectivity index is 1.43. The maximum absolute atomic E-state index is 12.8. The fourth-order valence-electron chi connectivity index (χ4n) is 4.20. The van der Waals surface area contributed by atoms with Gasteiger partial charge in [-0.1, -0.05) is 42.5 Å². The molecule has 0 radical (unpaired) electrons. The first-order valence-corrected chi connectivity index (χ1v) is 12.8. The van der Waals surface area contributed by atoms with E-state index in [1.807, 2.05) is 18.2 Å². The minimum Gasteiger partial charge on any atom is -0.495 e. The van der Waals surface area contributed by atoms with E-state index < -0.39 is 10.0 Å². The van der Waals surface area contributed by atoms with Crippen LogP contribution in [-0.2, 0) is 10.0 Å². The molecule has 8 heteroatoms. The maximum atomic E-state index is 12.8. The van der Waals surface area contributed by atoms with E-state index in [1.54, 1.807) is 24.3 Å². The van der Waals surface area contributed by atoms with Crippen LogP contribution >= 0.6 is 0 Å². The summed E-state index contributed by atoms with van der Waals surface area (Å²) in [6.45, 7) is 2.51. The van der Waals surface area contributed by atoms with Crippen molar-refractivity contribution >= 4 is 21.6 Å². The van der Waals surface area contributed by atoms with Crippen molar-refractivity contribution < 1.29 is 17.9 Å². The van der Waals surface area contributed by atoms with Crippen LogP contribution in [0.5, 0.6) is 5.75 Å². The number of methoxy groups -OCH3 is 1. The van der Waals surface area contributed by atoms with Gasteiger partial charge in [0.15, 0.2) is 0 Å². The molecule has 1 atom stereocenters. The number of carbonyl (C=O) groups excluding carboxylic acids is 1. The lowest BCUT2D eigenvalue weighted by Gasteiger charge is -2.28. The van der Waals surface area contributed by atoms with Crippen molar-refractivity contribution in [2.75, 3.05) is 31.5 Å². The second-order valence-corrected chi connectivity index (χ2v) is 9.89. The molecule has 34 heavy (non-hydrogen) atoms. The Bertz CT molecular complexity index is 1210. The molecular weight excluding hydrogens is 450 g/mol. The molecule has 7 nitrogen and oxygen atoms in total. The second-order valence-electron chi connectivity index (χ2n) is 8.21. The van der Waals surface area contributed by atoms with Crippen LogP contribution in [0, 0.1) is 0 Å². The van der Waals surface area contributed by atoms with Crippen molar-refractivity contribution in [3.05, 3.63) is 90.0 Å². The van der Waals surface area contributed by atoms with E-state index in [-0.39, 0.29) is 16.8 Å². The first-order chi connectivity index (χ1) is 16.5. The molecule has 0 spiro atoms. The largest absolute Gasteiger partial charge is 0.495 e. The standard InChI is InChI=1S/C26H29N3O4S/c1-33-25-12-6-5-11-23(25)28-34(31,32)22-15-13-21(14-16-22)26(30)27-19-24(29-17-7-8-18-29)20-9-3-2-4-10-20/h2-6,9-16,24,28H,7-8,17-19H2,1H3,(H,27,30). The Kier molecular flexibility index (Phi) is 7.49. The summed E-state index contributed by atoms with van der Waals surface area (Å²) in [6.07, 6.45) is 2.33. The molecule has 4 rings (SSSR count). The molecule has 3 aromatic carbocycles. The number of amides is 1. The molecule has 1 heterocycles. The zero-order valence-electron chi connectivity index (χ0n) is 19.1. The first kappa shape index (κ1) is 23.8. The third-order valence-corrected chi connectivity index (χ3v) is 7.38. The van der Waals surface area contributed by atoms with E-state index >= 15 is 0 Å². The van der Waals surface area contributed by atoms with E-state index in [2.05, 4.69) is 27.1 Å². The monoisotopic (exact) mass is 479 g/mol. The number of likely N-dealkylation sites (tertiary alicyclic amines) is 1. The quantitative estimate of drug-likeness (QED) is 0.483. The van der Waals surface area contributed by atoms with Gasteiger partial charge in [0.05, 0.1) is 23.7 Å².